The van der Waals surface area contributed by atoms with Gasteiger partial charge in [0.2, 0.25) is 0 Å². The van der Waals surface area contributed by atoms with E-state index in [1.54, 1.807) is 24.5 Å². The Kier molecular flexibility index (Phi) is 3.53. The number of aromatic nitrogens is 1. The molecule has 2 heterocycles. The average molecular weight is 318 g/mol. The van der Waals surface area contributed by atoms with E-state index in [0.717, 1.165) is 15.6 Å². The average Bonchev–Trinajstić information content (AvgIpc) is 2.82. The van der Waals surface area contributed by atoms with Gasteiger partial charge in [0, 0.05) is 28.5 Å². The van der Waals surface area contributed by atoms with E-state index >= 15 is 0 Å². The number of fused-ring (bicyclic) bond motifs is 1. The second-order valence-electron chi connectivity index (χ2n) is 4.58. The van der Waals surface area contributed by atoms with Crippen molar-refractivity contribution in [2.75, 3.05) is 11.1 Å². The van der Waals surface area contributed by atoms with Crippen LogP contribution >= 0.6 is 22.9 Å². The molecular weight excluding hydrogens is 306 g/mol. The highest BCUT2D eigenvalue weighted by molar-refractivity contribution is 7.21. The molecule has 0 aliphatic carbocycles. The summed E-state index contributed by atoms with van der Waals surface area (Å²) in [5, 5.41) is 4.32. The van der Waals surface area contributed by atoms with Crippen molar-refractivity contribution in [2.45, 2.75) is 6.92 Å². The van der Waals surface area contributed by atoms with Crippen molar-refractivity contribution in [1.29, 1.82) is 0 Å². The van der Waals surface area contributed by atoms with Gasteiger partial charge >= 0.3 is 0 Å². The second kappa shape index (κ2) is 5.35. The molecule has 3 aromatic rings. The summed E-state index contributed by atoms with van der Waals surface area (Å²) < 4.78 is 0.892. The van der Waals surface area contributed by atoms with E-state index in [2.05, 4.69) is 10.3 Å². The van der Waals surface area contributed by atoms with Crippen molar-refractivity contribution >= 4 is 50.3 Å². The molecule has 106 valence electrons. The fraction of sp³-hybridized carbons (Fsp3) is 0.0667. The smallest absolute Gasteiger partial charge is 0.267 e. The molecule has 0 aliphatic heterocycles. The highest BCUT2D eigenvalue weighted by atomic mass is 35.5. The van der Waals surface area contributed by atoms with Crippen molar-refractivity contribution in [3.05, 3.63) is 52.1 Å². The van der Waals surface area contributed by atoms with Gasteiger partial charge in [-0.3, -0.25) is 9.78 Å². The van der Waals surface area contributed by atoms with Crippen molar-refractivity contribution in [3.63, 3.8) is 0 Å². The van der Waals surface area contributed by atoms with Gasteiger partial charge in [0.15, 0.2) is 0 Å². The Morgan fingerprint density at radius 1 is 1.38 bits per heavy atom. The fourth-order valence-corrected chi connectivity index (χ4v) is 3.22. The topological polar surface area (TPSA) is 68.0 Å². The number of carbonyl (C=O) groups excluding carboxylic acids is 1. The minimum absolute atomic E-state index is 0.237. The summed E-state index contributed by atoms with van der Waals surface area (Å²) in [4.78, 5) is 16.9. The number of rotatable bonds is 2. The SMILES string of the molecule is Cc1c(Cl)cccc1NC(=O)c1sc2cnccc2c1N. The largest absolute Gasteiger partial charge is 0.397 e. The van der Waals surface area contributed by atoms with Gasteiger partial charge in [0.25, 0.3) is 5.91 Å². The third kappa shape index (κ3) is 2.46. The van der Waals surface area contributed by atoms with Gasteiger partial charge < -0.3 is 11.1 Å². The number of nitrogen functional groups attached to an aromatic ring is 1. The Morgan fingerprint density at radius 3 is 2.95 bits per heavy atom. The number of hydrogen-bond acceptors (Lipinski definition) is 4. The van der Waals surface area contributed by atoms with Crippen LogP contribution in [0.1, 0.15) is 15.2 Å². The Morgan fingerprint density at radius 2 is 2.19 bits per heavy atom. The number of nitrogens with zero attached hydrogens (tertiary/aromatic N) is 1. The first-order valence-electron chi connectivity index (χ1n) is 6.26. The van der Waals surface area contributed by atoms with E-state index in [0.29, 0.717) is 21.3 Å². The van der Waals surface area contributed by atoms with Crippen LogP contribution < -0.4 is 11.1 Å². The maximum absolute atomic E-state index is 12.4. The van der Waals surface area contributed by atoms with Crippen LogP contribution in [0.4, 0.5) is 11.4 Å². The van der Waals surface area contributed by atoms with Gasteiger partial charge in [-0.05, 0) is 30.7 Å². The predicted molar refractivity (Wildman–Crippen MR) is 88.2 cm³/mol. The number of halogens is 1. The first kappa shape index (κ1) is 13.9. The van der Waals surface area contributed by atoms with Gasteiger partial charge in [-0.1, -0.05) is 17.7 Å². The Bertz CT molecular complexity index is 844. The van der Waals surface area contributed by atoms with Gasteiger partial charge in [-0.15, -0.1) is 11.3 Å². The Labute approximate surface area is 130 Å². The number of nitrogens with two attached hydrogens (primary N) is 1. The summed E-state index contributed by atoms with van der Waals surface area (Å²) in [5.74, 6) is -0.237. The lowest BCUT2D eigenvalue weighted by atomic mass is 10.2. The highest BCUT2D eigenvalue weighted by Gasteiger charge is 2.17. The zero-order chi connectivity index (χ0) is 15.0. The number of anilines is 2. The van der Waals surface area contributed by atoms with Crippen LogP contribution in [-0.4, -0.2) is 10.9 Å². The molecule has 21 heavy (non-hydrogen) atoms. The van der Waals surface area contributed by atoms with Crippen molar-refractivity contribution in [2.24, 2.45) is 0 Å². The first-order chi connectivity index (χ1) is 10.1. The van der Waals surface area contributed by atoms with E-state index in [1.807, 2.05) is 19.1 Å². The quantitative estimate of drug-likeness (QED) is 0.748. The summed E-state index contributed by atoms with van der Waals surface area (Å²) in [6, 6.07) is 7.20. The molecule has 3 rings (SSSR count). The maximum atomic E-state index is 12.4. The molecule has 0 saturated carbocycles. The molecule has 0 radical (unpaired) electrons. The summed E-state index contributed by atoms with van der Waals surface area (Å²) in [6.07, 6.45) is 3.37. The van der Waals surface area contributed by atoms with Crippen LogP contribution in [0.15, 0.2) is 36.7 Å². The van der Waals surface area contributed by atoms with Gasteiger partial charge in [-0.25, -0.2) is 0 Å². The third-order valence-electron chi connectivity index (χ3n) is 3.25. The van der Waals surface area contributed by atoms with Gasteiger partial charge in [-0.2, -0.15) is 0 Å². The number of amides is 1. The lowest BCUT2D eigenvalue weighted by Gasteiger charge is -2.08. The standard InChI is InChI=1S/C15H12ClN3OS/c1-8-10(16)3-2-4-11(8)19-15(20)14-13(17)9-5-6-18-7-12(9)21-14/h2-7H,17H2,1H3,(H,19,20). The van der Waals surface area contributed by atoms with Crippen molar-refractivity contribution < 1.29 is 4.79 Å². The minimum Gasteiger partial charge on any atom is -0.397 e. The number of carbonyl (C=O) groups is 1. The molecule has 0 unspecified atom stereocenters. The minimum atomic E-state index is -0.237. The number of benzene rings is 1. The van der Waals surface area contributed by atoms with Crippen LogP contribution in [0.5, 0.6) is 0 Å². The van der Waals surface area contributed by atoms with Crippen LogP contribution in [0, 0.1) is 6.92 Å². The first-order valence-corrected chi connectivity index (χ1v) is 7.46. The lowest BCUT2D eigenvalue weighted by molar-refractivity contribution is 0.103. The normalized spacial score (nSPS) is 10.8. The molecule has 1 amide bonds. The molecule has 0 bridgehead atoms. The molecule has 0 aliphatic rings. The molecule has 2 aromatic heterocycles. The monoisotopic (exact) mass is 317 g/mol. The Balaban J connectivity index is 1.97. The number of thiophene rings is 1. The highest BCUT2D eigenvalue weighted by Crippen LogP contribution is 2.33. The molecule has 0 spiro atoms. The van der Waals surface area contributed by atoms with Crippen LogP contribution in [0.25, 0.3) is 10.1 Å². The zero-order valence-corrected chi connectivity index (χ0v) is 12.8. The number of nitrogens with one attached hydrogen (secondary N) is 1. The molecule has 4 nitrogen and oxygen atoms in total. The van der Waals surface area contributed by atoms with Crippen LogP contribution in [-0.2, 0) is 0 Å². The van der Waals surface area contributed by atoms with Crippen LogP contribution in [0.3, 0.4) is 0 Å². The molecule has 6 heteroatoms. The number of pyridine rings is 1. The molecule has 3 N–H and O–H groups in total. The fourth-order valence-electron chi connectivity index (χ4n) is 2.06. The predicted octanol–water partition coefficient (Wildman–Crippen LogP) is 4.09. The molecule has 0 fully saturated rings. The molecule has 1 aromatic carbocycles. The number of hydrogen-bond donors (Lipinski definition) is 2. The van der Waals surface area contributed by atoms with E-state index in [4.69, 9.17) is 17.3 Å². The lowest BCUT2D eigenvalue weighted by Crippen LogP contribution is -2.12. The molecule has 0 saturated heterocycles. The van der Waals surface area contributed by atoms with E-state index in [9.17, 15) is 4.79 Å². The van der Waals surface area contributed by atoms with Gasteiger partial charge in [0.1, 0.15) is 4.88 Å². The van der Waals surface area contributed by atoms with E-state index in [-0.39, 0.29) is 5.91 Å². The summed E-state index contributed by atoms with van der Waals surface area (Å²) in [5.41, 5.74) is 8.05. The van der Waals surface area contributed by atoms with Crippen LogP contribution in [0.2, 0.25) is 5.02 Å². The van der Waals surface area contributed by atoms with Gasteiger partial charge in [0.05, 0.1) is 10.4 Å². The van der Waals surface area contributed by atoms with Crippen molar-refractivity contribution in [3.8, 4) is 0 Å². The zero-order valence-electron chi connectivity index (χ0n) is 11.2. The summed E-state index contributed by atoms with van der Waals surface area (Å²) in [7, 11) is 0. The molecule has 0 atom stereocenters. The van der Waals surface area contributed by atoms with E-state index < -0.39 is 0 Å². The summed E-state index contributed by atoms with van der Waals surface area (Å²) in [6.45, 7) is 1.86. The third-order valence-corrected chi connectivity index (χ3v) is 4.82. The van der Waals surface area contributed by atoms with E-state index in [1.165, 1.54) is 11.3 Å². The Hall–Kier alpha value is -2.11. The maximum Gasteiger partial charge on any atom is 0.267 e. The van der Waals surface area contributed by atoms with Crippen molar-refractivity contribution in [1.82, 2.24) is 4.98 Å². The second-order valence-corrected chi connectivity index (χ2v) is 6.04. The summed E-state index contributed by atoms with van der Waals surface area (Å²) >= 11 is 7.39. The molecular formula is C15H12ClN3OS.